The maximum absolute atomic E-state index is 11.5. The minimum absolute atomic E-state index is 0.314. The van der Waals surface area contributed by atoms with E-state index in [-0.39, 0.29) is 12.5 Å². The van der Waals surface area contributed by atoms with Crippen LogP contribution < -0.4 is 0 Å². The molecule has 0 saturated carbocycles. The van der Waals surface area contributed by atoms with Crippen LogP contribution >= 0.6 is 0 Å². The van der Waals surface area contributed by atoms with Gasteiger partial charge < -0.3 is 14.7 Å². The summed E-state index contributed by atoms with van der Waals surface area (Å²) >= 11 is 0. The monoisotopic (exact) mass is 189 g/mol. The molecule has 13 heavy (non-hydrogen) atoms. The number of amides is 1. The normalized spacial score (nSPS) is 11.1. The van der Waals surface area contributed by atoms with Crippen LogP contribution in [0, 0.1) is 0 Å². The van der Waals surface area contributed by atoms with Gasteiger partial charge in [0.1, 0.15) is 12.1 Å². The Morgan fingerprint density at radius 1 is 1.46 bits per heavy atom. The molecule has 0 aliphatic heterocycles. The van der Waals surface area contributed by atoms with Crippen LogP contribution in [-0.2, 0) is 14.3 Å². The average Bonchev–Trinajstić information content (AvgIpc) is 2.01. The van der Waals surface area contributed by atoms with E-state index >= 15 is 0 Å². The summed E-state index contributed by atoms with van der Waals surface area (Å²) in [7, 11) is 2.84. The molecular weight excluding hydrogens is 174 g/mol. The predicted octanol–water partition coefficient (Wildman–Crippen LogP) is -0.0456. The number of carboxylic acids is 1. The van der Waals surface area contributed by atoms with Gasteiger partial charge in [0.05, 0.1) is 0 Å². The van der Waals surface area contributed by atoms with Crippen molar-refractivity contribution in [2.24, 2.45) is 0 Å². The Morgan fingerprint density at radius 2 is 1.92 bits per heavy atom. The molecule has 0 saturated heterocycles. The third kappa shape index (κ3) is 3.42. The maximum Gasteiger partial charge on any atom is 0.323 e. The topological polar surface area (TPSA) is 66.8 Å². The summed E-state index contributed by atoms with van der Waals surface area (Å²) in [4.78, 5) is 22.9. The fourth-order valence-electron chi connectivity index (χ4n) is 0.822. The van der Waals surface area contributed by atoms with Crippen molar-refractivity contribution in [3.05, 3.63) is 0 Å². The van der Waals surface area contributed by atoms with Crippen molar-refractivity contribution in [3.63, 3.8) is 0 Å². The van der Waals surface area contributed by atoms with Crippen LogP contribution in [0.3, 0.4) is 0 Å². The smallest absolute Gasteiger partial charge is 0.323 e. The van der Waals surface area contributed by atoms with E-state index in [1.54, 1.807) is 13.8 Å². The second-order valence-corrected chi connectivity index (χ2v) is 3.27. The third-order valence-electron chi connectivity index (χ3n) is 1.74. The number of rotatable bonds is 4. The van der Waals surface area contributed by atoms with Crippen LogP contribution in [0.2, 0.25) is 0 Å². The molecule has 0 spiro atoms. The molecule has 0 aliphatic rings. The molecule has 0 aromatic carbocycles. The molecule has 1 N–H and O–H groups in total. The van der Waals surface area contributed by atoms with Gasteiger partial charge >= 0.3 is 5.97 Å². The third-order valence-corrected chi connectivity index (χ3v) is 1.74. The van der Waals surface area contributed by atoms with Gasteiger partial charge in [-0.2, -0.15) is 0 Å². The van der Waals surface area contributed by atoms with Gasteiger partial charge in [-0.3, -0.25) is 9.59 Å². The Hall–Kier alpha value is -1.10. The molecule has 0 unspecified atom stereocenters. The number of aliphatic carboxylic acids is 1. The molecule has 0 aromatic heterocycles. The molecule has 0 radical (unpaired) electrons. The van der Waals surface area contributed by atoms with Crippen LogP contribution in [-0.4, -0.2) is 48.2 Å². The fraction of sp³-hybridized carbons (Fsp3) is 0.750. The van der Waals surface area contributed by atoms with Crippen LogP contribution in [0.1, 0.15) is 13.8 Å². The Bertz CT molecular complexity index is 212. The zero-order chi connectivity index (χ0) is 10.6. The Morgan fingerprint density at radius 3 is 2.23 bits per heavy atom. The molecule has 76 valence electrons. The first-order valence-corrected chi connectivity index (χ1v) is 3.83. The van der Waals surface area contributed by atoms with Gasteiger partial charge in [-0.15, -0.1) is 0 Å². The standard InChI is InChI=1S/C8H15NO4/c1-8(2,13-4)7(12)9(3)5-6(10)11/h5H2,1-4H3,(H,10,11). The first-order chi connectivity index (χ1) is 5.81. The van der Waals surface area contributed by atoms with Crippen LogP contribution in [0.5, 0.6) is 0 Å². The highest BCUT2D eigenvalue weighted by molar-refractivity contribution is 5.87. The highest BCUT2D eigenvalue weighted by Gasteiger charge is 2.30. The average molecular weight is 189 g/mol. The van der Waals surface area contributed by atoms with E-state index in [9.17, 15) is 9.59 Å². The Labute approximate surface area is 77.3 Å². The molecular formula is C8H15NO4. The van der Waals surface area contributed by atoms with Gasteiger partial charge in [0.15, 0.2) is 0 Å². The molecule has 5 nitrogen and oxygen atoms in total. The second kappa shape index (κ2) is 4.23. The van der Waals surface area contributed by atoms with E-state index in [0.717, 1.165) is 4.90 Å². The zero-order valence-electron chi connectivity index (χ0n) is 8.33. The second-order valence-electron chi connectivity index (χ2n) is 3.27. The lowest BCUT2D eigenvalue weighted by Gasteiger charge is -2.26. The summed E-state index contributed by atoms with van der Waals surface area (Å²) in [5, 5.41) is 8.44. The quantitative estimate of drug-likeness (QED) is 0.673. The van der Waals surface area contributed by atoms with E-state index in [0.29, 0.717) is 0 Å². The van der Waals surface area contributed by atoms with Crippen molar-refractivity contribution < 1.29 is 19.4 Å². The van der Waals surface area contributed by atoms with Gasteiger partial charge in [-0.1, -0.05) is 0 Å². The van der Waals surface area contributed by atoms with Crippen LogP contribution in [0.25, 0.3) is 0 Å². The summed E-state index contributed by atoms with van der Waals surface area (Å²) in [6.45, 7) is 2.87. The maximum atomic E-state index is 11.5. The van der Waals surface area contributed by atoms with Gasteiger partial charge in [0, 0.05) is 14.2 Å². The van der Waals surface area contributed by atoms with E-state index in [4.69, 9.17) is 9.84 Å². The molecule has 0 heterocycles. The molecule has 0 aromatic rings. The SMILES string of the molecule is COC(C)(C)C(=O)N(C)CC(=O)O. The largest absolute Gasteiger partial charge is 0.480 e. The van der Waals surface area contributed by atoms with Crippen LogP contribution in [0.15, 0.2) is 0 Å². The fourth-order valence-corrected chi connectivity index (χ4v) is 0.822. The Kier molecular flexibility index (Phi) is 3.87. The summed E-state index contributed by atoms with van der Waals surface area (Å²) in [5.74, 6) is -1.39. The molecule has 1 amide bonds. The van der Waals surface area contributed by atoms with Gasteiger partial charge in [-0.05, 0) is 13.8 Å². The van der Waals surface area contributed by atoms with Crippen molar-refractivity contribution in [1.29, 1.82) is 0 Å². The molecule has 0 fully saturated rings. The highest BCUT2D eigenvalue weighted by Crippen LogP contribution is 2.10. The van der Waals surface area contributed by atoms with Crippen molar-refractivity contribution in [3.8, 4) is 0 Å². The number of methoxy groups -OCH3 is 1. The number of carbonyl (C=O) groups is 2. The molecule has 0 atom stereocenters. The van der Waals surface area contributed by atoms with Crippen molar-refractivity contribution in [2.75, 3.05) is 20.7 Å². The molecule has 0 bridgehead atoms. The summed E-state index contributed by atoms with van der Waals surface area (Å²) in [5.41, 5.74) is -0.968. The van der Waals surface area contributed by atoms with E-state index in [1.165, 1.54) is 14.2 Å². The summed E-state index contributed by atoms with van der Waals surface area (Å²) in [6.07, 6.45) is 0. The lowest BCUT2D eigenvalue weighted by atomic mass is 10.1. The van der Waals surface area contributed by atoms with Crippen molar-refractivity contribution >= 4 is 11.9 Å². The minimum Gasteiger partial charge on any atom is -0.480 e. The van der Waals surface area contributed by atoms with Crippen molar-refractivity contribution in [1.82, 2.24) is 4.90 Å². The first kappa shape index (κ1) is 11.9. The molecule has 0 rings (SSSR count). The van der Waals surface area contributed by atoms with E-state index in [1.807, 2.05) is 0 Å². The lowest BCUT2D eigenvalue weighted by Crippen LogP contribution is -2.46. The molecule has 0 aliphatic carbocycles. The predicted molar refractivity (Wildman–Crippen MR) is 46.4 cm³/mol. The van der Waals surface area contributed by atoms with Gasteiger partial charge in [0.2, 0.25) is 0 Å². The number of hydrogen-bond donors (Lipinski definition) is 1. The number of carbonyl (C=O) groups excluding carboxylic acids is 1. The molecule has 5 heteroatoms. The van der Waals surface area contributed by atoms with E-state index in [2.05, 4.69) is 0 Å². The number of likely N-dealkylation sites (N-methyl/N-ethyl adjacent to an activating group) is 1. The van der Waals surface area contributed by atoms with Crippen LogP contribution in [0.4, 0.5) is 0 Å². The number of ether oxygens (including phenoxy) is 1. The minimum atomic E-state index is -1.04. The summed E-state index contributed by atoms with van der Waals surface area (Å²) in [6, 6.07) is 0. The lowest BCUT2D eigenvalue weighted by molar-refractivity contribution is -0.154. The summed E-state index contributed by atoms with van der Waals surface area (Å²) < 4.78 is 4.92. The first-order valence-electron chi connectivity index (χ1n) is 3.83. The number of carboxylic acid groups (broad SMARTS) is 1. The van der Waals surface area contributed by atoms with Crippen molar-refractivity contribution in [2.45, 2.75) is 19.4 Å². The number of nitrogens with zero attached hydrogens (tertiary/aromatic N) is 1. The number of hydrogen-bond acceptors (Lipinski definition) is 3. The zero-order valence-corrected chi connectivity index (χ0v) is 8.33. The Balaban J connectivity index is 4.34. The van der Waals surface area contributed by atoms with E-state index < -0.39 is 11.6 Å². The van der Waals surface area contributed by atoms with Gasteiger partial charge in [0.25, 0.3) is 5.91 Å². The van der Waals surface area contributed by atoms with Gasteiger partial charge in [-0.25, -0.2) is 0 Å². The highest BCUT2D eigenvalue weighted by atomic mass is 16.5.